The molecule has 1 aliphatic carbocycles. The van der Waals surface area contributed by atoms with Gasteiger partial charge >= 0.3 is 0 Å². The van der Waals surface area contributed by atoms with Gasteiger partial charge < -0.3 is 5.32 Å². The number of hydrogen-bond donors (Lipinski definition) is 1. The van der Waals surface area contributed by atoms with E-state index in [1.165, 1.54) is 35.7 Å². The third kappa shape index (κ3) is 3.99. The van der Waals surface area contributed by atoms with Crippen LogP contribution in [0.5, 0.6) is 0 Å². The summed E-state index contributed by atoms with van der Waals surface area (Å²) in [7, 11) is 0. The van der Waals surface area contributed by atoms with Crippen molar-refractivity contribution in [3.63, 3.8) is 0 Å². The van der Waals surface area contributed by atoms with Gasteiger partial charge in [0.2, 0.25) is 0 Å². The monoisotopic (exact) mass is 405 g/mol. The Morgan fingerprint density at radius 2 is 2.00 bits per heavy atom. The van der Waals surface area contributed by atoms with E-state index < -0.39 is 0 Å². The molecule has 1 nitrogen and oxygen atoms in total. The van der Waals surface area contributed by atoms with Crippen LogP contribution in [0.1, 0.15) is 44.2 Å². The summed E-state index contributed by atoms with van der Waals surface area (Å²) in [6.07, 6.45) is 7.75. The summed E-state index contributed by atoms with van der Waals surface area (Å²) in [5.41, 5.74) is 1.33. The van der Waals surface area contributed by atoms with Crippen LogP contribution in [0.15, 0.2) is 27.1 Å². The van der Waals surface area contributed by atoms with E-state index in [1.807, 2.05) is 11.8 Å². The molecule has 1 aromatic carbocycles. The molecule has 19 heavy (non-hydrogen) atoms. The molecule has 0 spiro atoms. The third-order valence-corrected chi connectivity index (χ3v) is 6.71. The first-order valence-corrected chi connectivity index (χ1v) is 9.61. The Bertz CT molecular complexity index is 430. The highest BCUT2D eigenvalue weighted by Crippen LogP contribution is 2.40. The maximum atomic E-state index is 3.73. The van der Waals surface area contributed by atoms with Gasteiger partial charge in [-0.25, -0.2) is 0 Å². The molecular weight excluding hydrogens is 386 g/mol. The summed E-state index contributed by atoms with van der Waals surface area (Å²) in [4.78, 5) is 0. The first kappa shape index (κ1) is 15.9. The maximum Gasteiger partial charge on any atom is 0.0303 e. The van der Waals surface area contributed by atoms with E-state index in [1.54, 1.807) is 0 Å². The zero-order valence-corrected chi connectivity index (χ0v) is 15.5. The number of benzene rings is 1. The molecular formula is C15H21Br2NS. The van der Waals surface area contributed by atoms with Gasteiger partial charge in [0.1, 0.15) is 0 Å². The lowest BCUT2D eigenvalue weighted by atomic mass is 10.0. The highest BCUT2D eigenvalue weighted by molar-refractivity contribution is 9.11. The van der Waals surface area contributed by atoms with Crippen molar-refractivity contribution in [1.29, 1.82) is 0 Å². The highest BCUT2D eigenvalue weighted by Gasteiger charge is 2.33. The second-order valence-electron chi connectivity index (χ2n) is 5.36. The molecule has 0 heterocycles. The van der Waals surface area contributed by atoms with Gasteiger partial charge in [-0.2, -0.15) is 11.8 Å². The summed E-state index contributed by atoms with van der Waals surface area (Å²) in [5.74, 6) is 0. The van der Waals surface area contributed by atoms with Crippen LogP contribution in [0.4, 0.5) is 0 Å². The minimum absolute atomic E-state index is 0.382. The van der Waals surface area contributed by atoms with E-state index in [2.05, 4.69) is 68.6 Å². The summed E-state index contributed by atoms with van der Waals surface area (Å²) < 4.78 is 2.76. The molecule has 1 unspecified atom stereocenters. The van der Waals surface area contributed by atoms with Crippen LogP contribution >= 0.6 is 43.6 Å². The molecule has 0 saturated heterocycles. The summed E-state index contributed by atoms with van der Waals surface area (Å²) in [6.45, 7) is 3.36. The predicted molar refractivity (Wildman–Crippen MR) is 93.0 cm³/mol. The van der Waals surface area contributed by atoms with Gasteiger partial charge in [0, 0.05) is 26.3 Å². The van der Waals surface area contributed by atoms with Gasteiger partial charge in [0.15, 0.2) is 0 Å². The first-order chi connectivity index (χ1) is 9.06. The van der Waals surface area contributed by atoms with E-state index in [0.29, 0.717) is 10.8 Å². The van der Waals surface area contributed by atoms with Crippen LogP contribution < -0.4 is 5.32 Å². The zero-order valence-electron chi connectivity index (χ0n) is 11.5. The van der Waals surface area contributed by atoms with Gasteiger partial charge in [-0.15, -0.1) is 0 Å². The highest BCUT2D eigenvalue weighted by atomic mass is 79.9. The molecule has 0 aromatic heterocycles. The quantitative estimate of drug-likeness (QED) is 0.688. The maximum absolute atomic E-state index is 3.73. The number of thioether (sulfide) groups is 1. The third-order valence-electron chi connectivity index (χ3n) is 4.11. The number of halogens is 2. The van der Waals surface area contributed by atoms with Crippen molar-refractivity contribution in [2.75, 3.05) is 12.8 Å². The second kappa shape index (κ2) is 6.97. The Balaban J connectivity index is 1.99. The second-order valence-corrected chi connectivity index (χ2v) is 8.41. The molecule has 0 bridgehead atoms. The molecule has 1 aromatic rings. The fourth-order valence-electron chi connectivity index (χ4n) is 2.77. The number of rotatable bonds is 5. The first-order valence-electron chi connectivity index (χ1n) is 6.80. The standard InChI is InChI=1S/C15H21Br2NS/c1-11(13-6-5-12(16)9-14(13)17)18-10-15(19-2)7-3-4-8-15/h5-6,9,11,18H,3-4,7-8,10H2,1-2H3. The topological polar surface area (TPSA) is 12.0 Å². The average Bonchev–Trinajstić information content (AvgIpc) is 2.85. The van der Waals surface area contributed by atoms with Crippen molar-refractivity contribution in [1.82, 2.24) is 5.32 Å². The van der Waals surface area contributed by atoms with Gasteiger partial charge in [0.05, 0.1) is 0 Å². The van der Waals surface area contributed by atoms with E-state index in [0.717, 1.165) is 11.0 Å². The van der Waals surface area contributed by atoms with E-state index in [9.17, 15) is 0 Å². The largest absolute Gasteiger partial charge is 0.309 e. The molecule has 1 saturated carbocycles. The van der Waals surface area contributed by atoms with Crippen molar-refractivity contribution in [3.8, 4) is 0 Å². The number of nitrogens with one attached hydrogen (secondary N) is 1. The van der Waals surface area contributed by atoms with E-state index in [-0.39, 0.29) is 0 Å². The SMILES string of the molecule is CSC1(CNC(C)c2ccc(Br)cc2Br)CCCC1. The predicted octanol–water partition coefficient (Wildman–Crippen LogP) is 5.54. The summed E-state index contributed by atoms with van der Waals surface area (Å²) in [6, 6.07) is 6.80. The van der Waals surface area contributed by atoms with Crippen molar-refractivity contribution < 1.29 is 0 Å². The Morgan fingerprint density at radius 1 is 1.32 bits per heavy atom. The lowest BCUT2D eigenvalue weighted by Gasteiger charge is -2.29. The lowest BCUT2D eigenvalue weighted by Crippen LogP contribution is -2.36. The van der Waals surface area contributed by atoms with Crippen LogP contribution in [0.3, 0.4) is 0 Å². The Labute approximate surface area is 137 Å². The zero-order chi connectivity index (χ0) is 13.9. The van der Waals surface area contributed by atoms with Gasteiger partial charge in [-0.1, -0.05) is 50.8 Å². The van der Waals surface area contributed by atoms with Gasteiger partial charge in [-0.3, -0.25) is 0 Å². The summed E-state index contributed by atoms with van der Waals surface area (Å²) in [5, 5.41) is 3.73. The summed E-state index contributed by atoms with van der Waals surface area (Å²) >= 11 is 9.20. The molecule has 1 N–H and O–H groups in total. The van der Waals surface area contributed by atoms with Crippen LogP contribution in [-0.2, 0) is 0 Å². The Hall–Kier alpha value is 0.490. The molecule has 0 radical (unpaired) electrons. The van der Waals surface area contributed by atoms with Gasteiger partial charge in [-0.05, 0) is 43.7 Å². The lowest BCUT2D eigenvalue weighted by molar-refractivity contribution is 0.486. The normalized spacial score (nSPS) is 19.6. The fraction of sp³-hybridized carbons (Fsp3) is 0.600. The molecule has 0 aliphatic heterocycles. The minimum Gasteiger partial charge on any atom is -0.309 e. The molecule has 4 heteroatoms. The Kier molecular flexibility index (Phi) is 5.82. The van der Waals surface area contributed by atoms with E-state index >= 15 is 0 Å². The van der Waals surface area contributed by atoms with E-state index in [4.69, 9.17) is 0 Å². The van der Waals surface area contributed by atoms with Crippen molar-refractivity contribution in [3.05, 3.63) is 32.7 Å². The molecule has 1 aliphatic rings. The van der Waals surface area contributed by atoms with Crippen LogP contribution in [0, 0.1) is 0 Å². The van der Waals surface area contributed by atoms with Crippen molar-refractivity contribution in [2.45, 2.75) is 43.4 Å². The Morgan fingerprint density at radius 3 is 2.58 bits per heavy atom. The van der Waals surface area contributed by atoms with Crippen LogP contribution in [0.2, 0.25) is 0 Å². The van der Waals surface area contributed by atoms with Crippen LogP contribution in [0.25, 0.3) is 0 Å². The van der Waals surface area contributed by atoms with Crippen molar-refractivity contribution in [2.24, 2.45) is 0 Å². The minimum atomic E-state index is 0.382. The van der Waals surface area contributed by atoms with Crippen LogP contribution in [-0.4, -0.2) is 17.5 Å². The average molecular weight is 407 g/mol. The fourth-order valence-corrected chi connectivity index (χ4v) is 5.09. The molecule has 1 atom stereocenters. The van der Waals surface area contributed by atoms with Crippen molar-refractivity contribution >= 4 is 43.6 Å². The smallest absolute Gasteiger partial charge is 0.0303 e. The molecule has 1 fully saturated rings. The molecule has 106 valence electrons. The molecule has 2 rings (SSSR count). The van der Waals surface area contributed by atoms with Gasteiger partial charge in [0.25, 0.3) is 0 Å². The number of hydrogen-bond acceptors (Lipinski definition) is 2. The molecule has 0 amide bonds.